The van der Waals surface area contributed by atoms with Gasteiger partial charge in [-0.25, -0.2) is 0 Å². The number of ether oxygens (including phenoxy) is 1. The molecule has 0 bridgehead atoms. The lowest BCUT2D eigenvalue weighted by Gasteiger charge is -2.63. The summed E-state index contributed by atoms with van der Waals surface area (Å²) in [5.74, 6) is 0.482. The Balaban J connectivity index is 1.71. The molecule has 0 aromatic carbocycles. The smallest absolute Gasteiger partial charge is 0.302 e. The molecule has 4 aliphatic rings. The van der Waals surface area contributed by atoms with Gasteiger partial charge in [-0.3, -0.25) is 9.59 Å². The third-order valence-electron chi connectivity index (χ3n) is 8.93. The summed E-state index contributed by atoms with van der Waals surface area (Å²) in [6, 6.07) is -0.535. The van der Waals surface area contributed by atoms with Gasteiger partial charge in [0.1, 0.15) is 11.9 Å². The van der Waals surface area contributed by atoms with Crippen LogP contribution < -0.4 is 0 Å². The maximum atomic E-state index is 12.6. The number of nitrogens with zero attached hydrogens (tertiary/aromatic N) is 3. The van der Waals surface area contributed by atoms with Gasteiger partial charge >= 0.3 is 5.97 Å². The van der Waals surface area contributed by atoms with Crippen molar-refractivity contribution in [1.82, 2.24) is 0 Å². The van der Waals surface area contributed by atoms with Crippen molar-refractivity contribution < 1.29 is 19.4 Å². The minimum Gasteiger partial charge on any atom is -0.463 e. The summed E-state index contributed by atoms with van der Waals surface area (Å²) in [4.78, 5) is 27.1. The molecule has 7 nitrogen and oxygen atoms in total. The molecule has 4 aliphatic carbocycles. The van der Waals surface area contributed by atoms with E-state index in [4.69, 9.17) is 4.74 Å². The standard InChI is InChI=1S/C21H31N3O4/c1-11(25)28-12-6-8-20(2)14-7-9-21(3)13(4-5-16(21)26)17(14)19(27)18(23-24-22)15(20)10-12/h12-15,17-19,27H,4-10H2,1-3H3/t12?,13-,14+,15?,17-,18?,19?,20+,21-/m0/s1. The van der Waals surface area contributed by atoms with Crippen LogP contribution in [0.3, 0.4) is 0 Å². The van der Waals surface area contributed by atoms with Crippen LogP contribution >= 0.6 is 0 Å². The molecule has 7 heteroatoms. The van der Waals surface area contributed by atoms with Gasteiger partial charge in [-0.05, 0) is 73.1 Å². The number of aliphatic hydroxyl groups is 1. The van der Waals surface area contributed by atoms with Gasteiger partial charge in [0.25, 0.3) is 0 Å². The molecule has 4 fully saturated rings. The Bertz CT molecular complexity index is 735. The van der Waals surface area contributed by atoms with Crippen LogP contribution in [0.5, 0.6) is 0 Å². The van der Waals surface area contributed by atoms with Crippen LogP contribution in [0.15, 0.2) is 5.11 Å². The Morgan fingerprint density at radius 2 is 1.96 bits per heavy atom. The molecule has 0 radical (unpaired) electrons. The second-order valence-corrected chi connectivity index (χ2v) is 10.0. The van der Waals surface area contributed by atoms with E-state index in [1.807, 2.05) is 0 Å². The molecule has 0 heterocycles. The predicted octanol–water partition coefficient (Wildman–Crippen LogP) is 3.79. The first-order valence-electron chi connectivity index (χ1n) is 10.6. The van der Waals surface area contributed by atoms with Crippen LogP contribution in [0.4, 0.5) is 0 Å². The summed E-state index contributed by atoms with van der Waals surface area (Å²) in [6.45, 7) is 5.76. The molecule has 0 aromatic rings. The number of carbonyl (C=O) groups excluding carboxylic acids is 2. The zero-order valence-electron chi connectivity index (χ0n) is 17.0. The Labute approximate surface area is 165 Å². The van der Waals surface area contributed by atoms with Gasteiger partial charge in [0.05, 0.1) is 12.1 Å². The SMILES string of the molecule is CC(=O)OC1CC[C@@]2(C)C(C1)C(N=[N+]=[N-])C(O)[C@@H]1[C@H]2CC[C@]2(C)C(=O)CC[C@@H]12. The van der Waals surface area contributed by atoms with Crippen LogP contribution in [0.1, 0.15) is 65.7 Å². The normalized spacial score (nSPS) is 50.0. The highest BCUT2D eigenvalue weighted by Crippen LogP contribution is 2.66. The van der Waals surface area contributed by atoms with Crippen LogP contribution in [0, 0.1) is 34.5 Å². The maximum Gasteiger partial charge on any atom is 0.302 e. The van der Waals surface area contributed by atoms with Gasteiger partial charge in [0.2, 0.25) is 0 Å². The number of esters is 1. The van der Waals surface area contributed by atoms with Gasteiger partial charge < -0.3 is 9.84 Å². The van der Waals surface area contributed by atoms with E-state index in [1.54, 1.807) is 0 Å². The van der Waals surface area contributed by atoms with Crippen molar-refractivity contribution in [3.8, 4) is 0 Å². The first kappa shape index (κ1) is 19.7. The van der Waals surface area contributed by atoms with Crippen LogP contribution in [0.25, 0.3) is 10.4 Å². The fourth-order valence-electron chi connectivity index (χ4n) is 7.55. The molecule has 4 saturated carbocycles. The third-order valence-corrected chi connectivity index (χ3v) is 8.93. The van der Waals surface area contributed by atoms with Gasteiger partial charge in [0.15, 0.2) is 0 Å². The zero-order valence-corrected chi connectivity index (χ0v) is 17.0. The Morgan fingerprint density at radius 1 is 1.21 bits per heavy atom. The van der Waals surface area contributed by atoms with Gasteiger partial charge in [-0.1, -0.05) is 19.0 Å². The lowest BCUT2D eigenvalue weighted by atomic mass is 9.43. The first-order valence-corrected chi connectivity index (χ1v) is 10.6. The third kappa shape index (κ3) is 2.70. The lowest BCUT2D eigenvalue weighted by Crippen LogP contribution is -2.63. The van der Waals surface area contributed by atoms with Crippen molar-refractivity contribution in [2.45, 2.75) is 84.0 Å². The van der Waals surface area contributed by atoms with Crippen molar-refractivity contribution in [3.05, 3.63) is 10.4 Å². The second kappa shape index (κ2) is 6.74. The summed E-state index contributed by atoms with van der Waals surface area (Å²) in [6.07, 6.45) is 4.62. The number of azide groups is 1. The Hall–Kier alpha value is -1.59. The highest BCUT2D eigenvalue weighted by Gasteiger charge is 2.65. The van der Waals surface area contributed by atoms with Gasteiger partial charge in [0, 0.05) is 23.7 Å². The van der Waals surface area contributed by atoms with Gasteiger partial charge in [-0.2, -0.15) is 0 Å². The molecular formula is C21H31N3O4. The number of Topliss-reactive ketones (excluding diaryl/α,β-unsaturated/α-hetero) is 1. The topological polar surface area (TPSA) is 112 Å². The summed E-state index contributed by atoms with van der Waals surface area (Å²) in [7, 11) is 0. The monoisotopic (exact) mass is 389 g/mol. The van der Waals surface area contributed by atoms with Crippen molar-refractivity contribution in [1.29, 1.82) is 0 Å². The molecular weight excluding hydrogens is 358 g/mol. The fraction of sp³-hybridized carbons (Fsp3) is 0.905. The average Bonchev–Trinajstić information content (AvgIpc) is 2.94. The molecule has 0 aliphatic heterocycles. The molecule has 4 rings (SSSR count). The van der Waals surface area contributed by atoms with E-state index < -0.39 is 12.1 Å². The molecule has 0 amide bonds. The van der Waals surface area contributed by atoms with Crippen LogP contribution in [0.2, 0.25) is 0 Å². The number of ketones is 1. The second-order valence-electron chi connectivity index (χ2n) is 10.0. The zero-order chi connectivity index (χ0) is 20.3. The summed E-state index contributed by atoms with van der Waals surface area (Å²) in [5, 5.41) is 15.4. The van der Waals surface area contributed by atoms with E-state index in [2.05, 4.69) is 23.9 Å². The molecule has 1 N–H and O–H groups in total. The van der Waals surface area contributed by atoms with Gasteiger partial charge in [-0.15, -0.1) is 0 Å². The van der Waals surface area contributed by atoms with Crippen molar-refractivity contribution >= 4 is 11.8 Å². The van der Waals surface area contributed by atoms with E-state index in [1.165, 1.54) is 6.92 Å². The largest absolute Gasteiger partial charge is 0.463 e. The summed E-state index contributed by atoms with van der Waals surface area (Å²) >= 11 is 0. The predicted molar refractivity (Wildman–Crippen MR) is 102 cm³/mol. The molecule has 28 heavy (non-hydrogen) atoms. The number of hydrogen-bond donors (Lipinski definition) is 1. The number of aliphatic hydroxyl groups excluding tert-OH is 1. The quantitative estimate of drug-likeness (QED) is 0.335. The number of hydrogen-bond acceptors (Lipinski definition) is 5. The van der Waals surface area contributed by atoms with E-state index in [0.717, 1.165) is 32.1 Å². The van der Waals surface area contributed by atoms with Crippen molar-refractivity contribution in [2.75, 3.05) is 0 Å². The number of fused-ring (bicyclic) bond motifs is 5. The molecule has 4 unspecified atom stereocenters. The maximum absolute atomic E-state index is 12.6. The molecule has 154 valence electrons. The highest BCUT2D eigenvalue weighted by atomic mass is 16.5. The molecule has 0 aromatic heterocycles. The highest BCUT2D eigenvalue weighted by molar-refractivity contribution is 5.87. The Morgan fingerprint density at radius 3 is 2.64 bits per heavy atom. The minimum atomic E-state index is -0.745. The van der Waals surface area contributed by atoms with Crippen LogP contribution in [-0.2, 0) is 14.3 Å². The summed E-state index contributed by atoms with van der Waals surface area (Å²) in [5.41, 5.74) is 8.78. The fourth-order valence-corrected chi connectivity index (χ4v) is 7.55. The van der Waals surface area contributed by atoms with Crippen molar-refractivity contribution in [2.24, 2.45) is 39.6 Å². The number of rotatable bonds is 2. The Kier molecular flexibility index (Phi) is 4.74. The van der Waals surface area contributed by atoms with Crippen molar-refractivity contribution in [3.63, 3.8) is 0 Å². The summed E-state index contributed by atoms with van der Waals surface area (Å²) < 4.78 is 5.48. The minimum absolute atomic E-state index is 0.00720. The lowest BCUT2D eigenvalue weighted by molar-refractivity contribution is -0.185. The van der Waals surface area contributed by atoms with Crippen LogP contribution in [-0.4, -0.2) is 35.1 Å². The number of carbonyl (C=O) groups is 2. The van der Waals surface area contributed by atoms with E-state index in [0.29, 0.717) is 24.5 Å². The van der Waals surface area contributed by atoms with E-state index >= 15 is 0 Å². The molecule has 9 atom stereocenters. The molecule has 0 spiro atoms. The van der Waals surface area contributed by atoms with E-state index in [-0.39, 0.29) is 40.7 Å². The first-order chi connectivity index (χ1) is 13.2. The van der Waals surface area contributed by atoms with E-state index in [9.17, 15) is 20.2 Å². The average molecular weight is 389 g/mol. The molecule has 0 saturated heterocycles.